The van der Waals surface area contributed by atoms with Crippen LogP contribution in [0, 0.1) is 0 Å². The lowest BCUT2D eigenvalue weighted by Crippen LogP contribution is -2.61. The third-order valence-corrected chi connectivity index (χ3v) is 3.41. The Morgan fingerprint density at radius 1 is 1.30 bits per heavy atom. The van der Waals surface area contributed by atoms with Gasteiger partial charge in [0, 0.05) is 14.2 Å². The first-order valence-corrected chi connectivity index (χ1v) is 6.43. The highest BCUT2D eigenvalue weighted by Gasteiger charge is 2.50. The van der Waals surface area contributed by atoms with Crippen LogP contribution in [0.5, 0.6) is 0 Å². The Morgan fingerprint density at radius 2 is 1.90 bits per heavy atom. The van der Waals surface area contributed by atoms with Gasteiger partial charge in [-0.2, -0.15) is 0 Å². The number of halogens is 1. The second-order valence-corrected chi connectivity index (χ2v) is 4.71. The SMILES string of the molecule is COCC(=O)C(OC)(C(=O)Cl)C(N)Cc1ccccc1. The van der Waals surface area contributed by atoms with Crippen LogP contribution in [0.2, 0.25) is 0 Å². The number of Topliss-reactive ketones (excluding diaryl/α,β-unsaturated/α-hetero) is 1. The molecule has 0 heterocycles. The quantitative estimate of drug-likeness (QED) is 0.570. The lowest BCUT2D eigenvalue weighted by molar-refractivity contribution is -0.155. The summed E-state index contributed by atoms with van der Waals surface area (Å²) in [6.45, 7) is -0.297. The van der Waals surface area contributed by atoms with Gasteiger partial charge in [-0.3, -0.25) is 9.59 Å². The maximum atomic E-state index is 12.1. The highest BCUT2D eigenvalue weighted by atomic mass is 35.5. The molecule has 0 saturated heterocycles. The number of ether oxygens (including phenoxy) is 2. The Kier molecular flexibility index (Phi) is 6.29. The lowest BCUT2D eigenvalue weighted by Gasteiger charge is -2.32. The summed E-state index contributed by atoms with van der Waals surface area (Å²) in [5, 5.41) is -0.939. The smallest absolute Gasteiger partial charge is 0.263 e. The van der Waals surface area contributed by atoms with Crippen LogP contribution in [0.4, 0.5) is 0 Å². The van der Waals surface area contributed by atoms with Gasteiger partial charge in [-0.15, -0.1) is 0 Å². The molecule has 1 aromatic carbocycles. The Labute approximate surface area is 123 Å². The first kappa shape index (κ1) is 16.8. The zero-order valence-electron chi connectivity index (χ0n) is 11.5. The van der Waals surface area contributed by atoms with Gasteiger partial charge in [-0.05, 0) is 23.6 Å². The molecule has 20 heavy (non-hydrogen) atoms. The summed E-state index contributed by atoms with van der Waals surface area (Å²) in [6.07, 6.45) is 0.280. The predicted octanol–water partition coefficient (Wildman–Crippen LogP) is 0.922. The number of methoxy groups -OCH3 is 2. The molecule has 0 amide bonds. The summed E-state index contributed by atoms with van der Waals surface area (Å²) in [5.41, 5.74) is 5.00. The molecule has 0 fully saturated rings. The van der Waals surface area contributed by atoms with Crippen molar-refractivity contribution >= 4 is 22.6 Å². The number of hydrogen-bond acceptors (Lipinski definition) is 5. The molecule has 1 rings (SSSR count). The molecule has 2 atom stereocenters. The van der Waals surface area contributed by atoms with Crippen LogP contribution in [0.3, 0.4) is 0 Å². The van der Waals surface area contributed by atoms with E-state index in [4.69, 9.17) is 26.8 Å². The molecule has 2 N–H and O–H groups in total. The molecule has 0 aliphatic carbocycles. The standard InChI is InChI=1S/C14H18ClNO4/c1-19-9-12(17)14(20-2,13(15)18)11(16)8-10-6-4-3-5-7-10/h3-7,11H,8-9,16H2,1-2H3. The van der Waals surface area contributed by atoms with E-state index in [0.717, 1.165) is 5.56 Å². The summed E-state index contributed by atoms with van der Waals surface area (Å²) in [7, 11) is 2.58. The topological polar surface area (TPSA) is 78.6 Å². The average Bonchev–Trinajstić information content (AvgIpc) is 2.41. The first-order valence-electron chi connectivity index (χ1n) is 6.05. The van der Waals surface area contributed by atoms with Gasteiger partial charge in [0.15, 0.2) is 0 Å². The molecule has 110 valence electrons. The normalized spacial score (nSPS) is 15.4. The maximum absolute atomic E-state index is 12.1. The molecule has 0 saturated carbocycles. The zero-order valence-corrected chi connectivity index (χ0v) is 12.2. The van der Waals surface area contributed by atoms with Gasteiger partial charge in [-0.1, -0.05) is 30.3 Å². The van der Waals surface area contributed by atoms with Crippen molar-refractivity contribution < 1.29 is 19.1 Å². The average molecular weight is 300 g/mol. The zero-order chi connectivity index (χ0) is 15.2. The Bertz CT molecular complexity index is 466. The monoisotopic (exact) mass is 299 g/mol. The van der Waals surface area contributed by atoms with E-state index in [-0.39, 0.29) is 13.0 Å². The molecule has 0 radical (unpaired) electrons. The molecule has 0 aliphatic rings. The summed E-state index contributed by atoms with van der Waals surface area (Å²) < 4.78 is 9.88. The molecule has 1 aromatic rings. The minimum atomic E-state index is -1.90. The van der Waals surface area contributed by atoms with E-state index in [1.807, 2.05) is 30.3 Å². The Morgan fingerprint density at radius 3 is 2.35 bits per heavy atom. The number of carbonyl (C=O) groups is 2. The Balaban J connectivity index is 3.04. The number of ketones is 1. The maximum Gasteiger partial charge on any atom is 0.263 e. The van der Waals surface area contributed by atoms with E-state index in [2.05, 4.69) is 0 Å². The summed E-state index contributed by atoms with van der Waals surface area (Å²) in [5.74, 6) is -0.592. The van der Waals surface area contributed by atoms with Gasteiger partial charge in [-0.25, -0.2) is 0 Å². The van der Waals surface area contributed by atoms with Crippen molar-refractivity contribution in [2.75, 3.05) is 20.8 Å². The predicted molar refractivity (Wildman–Crippen MR) is 75.6 cm³/mol. The highest BCUT2D eigenvalue weighted by Crippen LogP contribution is 2.23. The van der Waals surface area contributed by atoms with E-state index in [1.165, 1.54) is 14.2 Å². The molecule has 2 unspecified atom stereocenters. The van der Waals surface area contributed by atoms with E-state index in [9.17, 15) is 9.59 Å². The molecular formula is C14H18ClNO4. The van der Waals surface area contributed by atoms with E-state index in [0.29, 0.717) is 0 Å². The molecule has 0 spiro atoms. The highest BCUT2D eigenvalue weighted by molar-refractivity contribution is 6.67. The summed E-state index contributed by atoms with van der Waals surface area (Å²) in [4.78, 5) is 23.9. The van der Waals surface area contributed by atoms with Gasteiger partial charge >= 0.3 is 0 Å². The molecule has 5 nitrogen and oxygen atoms in total. The van der Waals surface area contributed by atoms with Crippen LogP contribution in [0.15, 0.2) is 30.3 Å². The van der Waals surface area contributed by atoms with Crippen LogP contribution in [-0.4, -0.2) is 43.5 Å². The largest absolute Gasteiger partial charge is 0.377 e. The van der Waals surface area contributed by atoms with Crippen molar-refractivity contribution in [3.05, 3.63) is 35.9 Å². The fraction of sp³-hybridized carbons (Fsp3) is 0.429. The molecule has 0 aromatic heterocycles. The second kappa shape index (κ2) is 7.50. The van der Waals surface area contributed by atoms with E-state index < -0.39 is 22.7 Å². The van der Waals surface area contributed by atoms with Crippen LogP contribution in [-0.2, 0) is 25.5 Å². The van der Waals surface area contributed by atoms with Crippen LogP contribution in [0.25, 0.3) is 0 Å². The van der Waals surface area contributed by atoms with Gasteiger partial charge in [0.05, 0.1) is 6.04 Å². The van der Waals surface area contributed by atoms with Crippen molar-refractivity contribution in [1.82, 2.24) is 0 Å². The fourth-order valence-corrected chi connectivity index (χ4v) is 2.38. The van der Waals surface area contributed by atoms with Crippen molar-refractivity contribution in [3.63, 3.8) is 0 Å². The van der Waals surface area contributed by atoms with Crippen LogP contribution < -0.4 is 5.73 Å². The molecular weight excluding hydrogens is 282 g/mol. The third-order valence-electron chi connectivity index (χ3n) is 3.12. The fourth-order valence-electron chi connectivity index (χ4n) is 2.06. The number of benzene rings is 1. The number of carbonyl (C=O) groups excluding carboxylic acids is 2. The molecule has 0 aliphatic heterocycles. The minimum absolute atomic E-state index is 0.280. The van der Waals surface area contributed by atoms with Crippen molar-refractivity contribution in [2.24, 2.45) is 5.73 Å². The van der Waals surface area contributed by atoms with Crippen molar-refractivity contribution in [2.45, 2.75) is 18.1 Å². The van der Waals surface area contributed by atoms with Gasteiger partial charge < -0.3 is 15.2 Å². The van der Waals surface area contributed by atoms with E-state index >= 15 is 0 Å². The number of rotatable bonds is 8. The molecule has 0 bridgehead atoms. The number of nitrogens with two attached hydrogens (primary N) is 1. The Hall–Kier alpha value is -1.27. The van der Waals surface area contributed by atoms with Crippen LogP contribution in [0.1, 0.15) is 5.56 Å². The molecule has 6 heteroatoms. The third kappa shape index (κ3) is 3.43. The lowest BCUT2D eigenvalue weighted by atomic mass is 9.87. The second-order valence-electron chi connectivity index (χ2n) is 4.37. The summed E-state index contributed by atoms with van der Waals surface area (Å²) in [6, 6.07) is 8.34. The van der Waals surface area contributed by atoms with Crippen molar-refractivity contribution in [1.29, 1.82) is 0 Å². The van der Waals surface area contributed by atoms with Crippen LogP contribution >= 0.6 is 11.6 Å². The van der Waals surface area contributed by atoms with Gasteiger partial charge in [0.2, 0.25) is 11.4 Å². The minimum Gasteiger partial charge on any atom is -0.377 e. The van der Waals surface area contributed by atoms with Gasteiger partial charge in [0.1, 0.15) is 6.61 Å². The van der Waals surface area contributed by atoms with Crippen molar-refractivity contribution in [3.8, 4) is 0 Å². The van der Waals surface area contributed by atoms with Gasteiger partial charge in [0.25, 0.3) is 5.24 Å². The van der Waals surface area contributed by atoms with E-state index in [1.54, 1.807) is 0 Å². The summed E-state index contributed by atoms with van der Waals surface area (Å²) >= 11 is 5.57. The number of hydrogen-bond donors (Lipinski definition) is 1. The first-order chi connectivity index (χ1) is 9.48.